The zero-order chi connectivity index (χ0) is 13.2. The first-order valence-corrected chi connectivity index (χ1v) is 6.08. The fourth-order valence-electron chi connectivity index (χ4n) is 1.05. The van der Waals surface area contributed by atoms with Crippen LogP contribution in [-0.2, 0) is 0 Å². The van der Waals surface area contributed by atoms with E-state index in [1.807, 2.05) is 14.1 Å². The van der Waals surface area contributed by atoms with Crippen LogP contribution in [0.25, 0.3) is 0 Å². The number of nitrogens with two attached hydrogens (primary N) is 1. The highest BCUT2D eigenvalue weighted by Gasteiger charge is 2.22. The SMILES string of the molecule is CN(C)C(C)(C)COc1cc(Br)c(F)cc1N. The Morgan fingerprint density at radius 3 is 2.53 bits per heavy atom. The second-order valence-corrected chi connectivity index (χ2v) is 5.65. The molecule has 0 heterocycles. The summed E-state index contributed by atoms with van der Waals surface area (Å²) in [6, 6.07) is 2.80. The Balaban J connectivity index is 2.80. The molecular weight excluding hydrogens is 287 g/mol. The Hall–Kier alpha value is -0.810. The number of benzene rings is 1. The minimum Gasteiger partial charge on any atom is -0.489 e. The molecule has 0 aliphatic heterocycles. The second kappa shape index (κ2) is 5.23. The Morgan fingerprint density at radius 2 is 2.00 bits per heavy atom. The van der Waals surface area contributed by atoms with E-state index in [4.69, 9.17) is 10.5 Å². The van der Waals surface area contributed by atoms with Gasteiger partial charge in [0.25, 0.3) is 0 Å². The van der Waals surface area contributed by atoms with Gasteiger partial charge in [-0.15, -0.1) is 0 Å². The van der Waals surface area contributed by atoms with Crippen molar-refractivity contribution >= 4 is 21.6 Å². The van der Waals surface area contributed by atoms with E-state index in [0.29, 0.717) is 22.5 Å². The van der Waals surface area contributed by atoms with E-state index < -0.39 is 0 Å². The van der Waals surface area contributed by atoms with Crippen molar-refractivity contribution in [3.63, 3.8) is 0 Å². The average molecular weight is 305 g/mol. The highest BCUT2D eigenvalue weighted by Crippen LogP contribution is 2.29. The fourth-order valence-corrected chi connectivity index (χ4v) is 1.37. The molecule has 0 aliphatic carbocycles. The number of hydrogen-bond acceptors (Lipinski definition) is 3. The molecule has 1 rings (SSSR count). The number of likely N-dealkylation sites (N-methyl/N-ethyl adjacent to an activating group) is 1. The first kappa shape index (κ1) is 14.3. The standard InChI is InChI=1S/C12H18BrFN2O/c1-12(2,16(3)4)7-17-11-5-8(13)9(14)6-10(11)15/h5-6H,7,15H2,1-4H3. The molecule has 0 bridgehead atoms. The van der Waals surface area contributed by atoms with Gasteiger partial charge in [0.15, 0.2) is 0 Å². The van der Waals surface area contributed by atoms with Crippen LogP contribution in [-0.4, -0.2) is 31.1 Å². The van der Waals surface area contributed by atoms with Gasteiger partial charge in [-0.1, -0.05) is 0 Å². The molecule has 0 aliphatic rings. The van der Waals surface area contributed by atoms with Crippen LogP contribution in [0.5, 0.6) is 5.75 Å². The highest BCUT2D eigenvalue weighted by molar-refractivity contribution is 9.10. The van der Waals surface area contributed by atoms with Gasteiger partial charge in [-0.25, -0.2) is 4.39 Å². The molecule has 0 saturated carbocycles. The Labute approximate surface area is 110 Å². The minimum absolute atomic E-state index is 0.118. The van der Waals surface area contributed by atoms with E-state index in [0.717, 1.165) is 0 Å². The third-order valence-electron chi connectivity index (χ3n) is 2.84. The van der Waals surface area contributed by atoms with Gasteiger partial charge in [-0.05, 0) is 49.9 Å². The number of halogens is 2. The van der Waals surface area contributed by atoms with Crippen LogP contribution in [0, 0.1) is 5.82 Å². The number of anilines is 1. The van der Waals surface area contributed by atoms with E-state index in [-0.39, 0.29) is 11.4 Å². The highest BCUT2D eigenvalue weighted by atomic mass is 79.9. The maximum Gasteiger partial charge on any atom is 0.143 e. The largest absolute Gasteiger partial charge is 0.489 e. The molecule has 0 spiro atoms. The number of nitrogens with zero attached hydrogens (tertiary/aromatic N) is 1. The van der Waals surface area contributed by atoms with Crippen LogP contribution in [0.4, 0.5) is 10.1 Å². The van der Waals surface area contributed by atoms with E-state index in [9.17, 15) is 4.39 Å². The Morgan fingerprint density at radius 1 is 1.41 bits per heavy atom. The summed E-state index contributed by atoms with van der Waals surface area (Å²) in [5.74, 6) is 0.106. The molecule has 0 atom stereocenters. The van der Waals surface area contributed by atoms with Gasteiger partial charge in [0.2, 0.25) is 0 Å². The number of ether oxygens (including phenoxy) is 1. The van der Waals surface area contributed by atoms with Crippen molar-refractivity contribution in [3.05, 3.63) is 22.4 Å². The molecule has 0 amide bonds. The van der Waals surface area contributed by atoms with Gasteiger partial charge in [-0.2, -0.15) is 0 Å². The van der Waals surface area contributed by atoms with Crippen LogP contribution < -0.4 is 10.5 Å². The van der Waals surface area contributed by atoms with E-state index >= 15 is 0 Å². The number of hydrogen-bond donors (Lipinski definition) is 1. The van der Waals surface area contributed by atoms with Crippen LogP contribution >= 0.6 is 15.9 Å². The first-order valence-electron chi connectivity index (χ1n) is 5.29. The van der Waals surface area contributed by atoms with Crippen LogP contribution in [0.15, 0.2) is 16.6 Å². The maximum atomic E-state index is 13.2. The third kappa shape index (κ3) is 3.57. The van der Waals surface area contributed by atoms with Crippen LogP contribution in [0.1, 0.15) is 13.8 Å². The molecule has 0 saturated heterocycles. The maximum absolute atomic E-state index is 13.2. The van der Waals surface area contributed by atoms with Crippen molar-refractivity contribution < 1.29 is 9.13 Å². The summed E-state index contributed by atoms with van der Waals surface area (Å²) in [5, 5.41) is 0. The molecule has 2 N–H and O–H groups in total. The molecule has 0 fully saturated rings. The lowest BCUT2D eigenvalue weighted by Gasteiger charge is -2.32. The van der Waals surface area contributed by atoms with Crippen molar-refractivity contribution in [2.45, 2.75) is 19.4 Å². The normalized spacial score (nSPS) is 11.9. The zero-order valence-electron chi connectivity index (χ0n) is 10.6. The summed E-state index contributed by atoms with van der Waals surface area (Å²) >= 11 is 3.11. The lowest BCUT2D eigenvalue weighted by molar-refractivity contribution is 0.114. The van der Waals surface area contributed by atoms with Crippen molar-refractivity contribution in [2.24, 2.45) is 0 Å². The van der Waals surface area contributed by atoms with Gasteiger partial charge in [-0.3, -0.25) is 0 Å². The lowest BCUT2D eigenvalue weighted by Crippen LogP contribution is -2.43. The van der Waals surface area contributed by atoms with Crippen LogP contribution in [0.2, 0.25) is 0 Å². The predicted molar refractivity (Wildman–Crippen MR) is 71.8 cm³/mol. The van der Waals surface area contributed by atoms with Crippen molar-refractivity contribution in [1.82, 2.24) is 4.90 Å². The summed E-state index contributed by atoms with van der Waals surface area (Å²) in [5.41, 5.74) is 5.88. The van der Waals surface area contributed by atoms with Gasteiger partial charge in [0.1, 0.15) is 18.2 Å². The summed E-state index contributed by atoms with van der Waals surface area (Å²) in [7, 11) is 3.96. The summed E-state index contributed by atoms with van der Waals surface area (Å²) in [4.78, 5) is 2.06. The minimum atomic E-state index is -0.387. The van der Waals surface area contributed by atoms with E-state index in [2.05, 4.69) is 34.7 Å². The average Bonchev–Trinajstić information content (AvgIpc) is 2.21. The van der Waals surface area contributed by atoms with Crippen molar-refractivity contribution in [1.29, 1.82) is 0 Å². The smallest absolute Gasteiger partial charge is 0.143 e. The monoisotopic (exact) mass is 304 g/mol. The first-order chi connectivity index (χ1) is 7.74. The zero-order valence-corrected chi connectivity index (χ0v) is 12.1. The number of nitrogen functional groups attached to an aromatic ring is 1. The topological polar surface area (TPSA) is 38.5 Å². The molecule has 96 valence electrons. The number of rotatable bonds is 4. The van der Waals surface area contributed by atoms with Crippen LogP contribution in [0.3, 0.4) is 0 Å². The summed E-state index contributed by atoms with van der Waals surface area (Å²) in [6.07, 6.45) is 0. The predicted octanol–water partition coefficient (Wildman–Crippen LogP) is 2.89. The molecular formula is C12H18BrFN2O. The summed E-state index contributed by atoms with van der Waals surface area (Å²) < 4.78 is 19.2. The molecule has 0 radical (unpaired) electrons. The van der Waals surface area contributed by atoms with Gasteiger partial charge in [0.05, 0.1) is 10.2 Å². The second-order valence-electron chi connectivity index (χ2n) is 4.80. The molecule has 3 nitrogen and oxygen atoms in total. The van der Waals surface area contributed by atoms with Crippen molar-refractivity contribution in [2.75, 3.05) is 26.4 Å². The molecule has 5 heteroatoms. The summed E-state index contributed by atoms with van der Waals surface area (Å²) in [6.45, 7) is 4.59. The van der Waals surface area contributed by atoms with Gasteiger partial charge in [0, 0.05) is 11.6 Å². The molecule has 0 aromatic heterocycles. The van der Waals surface area contributed by atoms with E-state index in [1.165, 1.54) is 6.07 Å². The fraction of sp³-hybridized carbons (Fsp3) is 0.500. The van der Waals surface area contributed by atoms with Crippen molar-refractivity contribution in [3.8, 4) is 5.75 Å². The molecule has 1 aromatic carbocycles. The van der Waals surface area contributed by atoms with Gasteiger partial charge < -0.3 is 15.4 Å². The molecule has 0 unspecified atom stereocenters. The third-order valence-corrected chi connectivity index (χ3v) is 3.45. The molecule has 1 aromatic rings. The van der Waals surface area contributed by atoms with Gasteiger partial charge >= 0.3 is 0 Å². The molecule has 17 heavy (non-hydrogen) atoms. The van der Waals surface area contributed by atoms with E-state index in [1.54, 1.807) is 6.07 Å². The lowest BCUT2D eigenvalue weighted by atomic mass is 10.1. The quantitative estimate of drug-likeness (QED) is 0.869. The Kier molecular flexibility index (Phi) is 4.38. The Bertz CT molecular complexity index is 408.